The van der Waals surface area contributed by atoms with Gasteiger partial charge in [-0.25, -0.2) is 4.98 Å². The molecule has 18 heavy (non-hydrogen) atoms. The van der Waals surface area contributed by atoms with Gasteiger partial charge in [-0.3, -0.25) is 0 Å². The highest BCUT2D eigenvalue weighted by Gasteiger charge is 2.21. The van der Waals surface area contributed by atoms with Crippen molar-refractivity contribution in [2.45, 2.75) is 19.4 Å². The molecule has 4 heteroatoms. The standard InChI is InChI=1S/C14H23N3O/c1-15-10-13-4-3-7-16-14(13)17-8-5-12(6-9-17)11-18-2/h3-4,7,12,15H,5-6,8-11H2,1-2H3. The van der Waals surface area contributed by atoms with Gasteiger partial charge < -0.3 is 15.0 Å². The molecule has 0 spiro atoms. The van der Waals surface area contributed by atoms with Crippen LogP contribution in [0.5, 0.6) is 0 Å². The number of aromatic nitrogens is 1. The average Bonchev–Trinajstić information content (AvgIpc) is 2.41. The summed E-state index contributed by atoms with van der Waals surface area (Å²) in [5, 5.41) is 3.21. The Kier molecular flexibility index (Phi) is 4.96. The predicted molar refractivity (Wildman–Crippen MR) is 73.8 cm³/mol. The second-order valence-electron chi connectivity index (χ2n) is 4.90. The lowest BCUT2D eigenvalue weighted by atomic mass is 9.97. The lowest BCUT2D eigenvalue weighted by molar-refractivity contribution is 0.139. The molecule has 1 N–H and O–H groups in total. The van der Waals surface area contributed by atoms with Crippen molar-refractivity contribution < 1.29 is 4.74 Å². The van der Waals surface area contributed by atoms with Crippen LogP contribution in [-0.2, 0) is 11.3 Å². The quantitative estimate of drug-likeness (QED) is 0.861. The zero-order chi connectivity index (χ0) is 12.8. The van der Waals surface area contributed by atoms with E-state index in [1.807, 2.05) is 19.3 Å². The lowest BCUT2D eigenvalue weighted by Crippen LogP contribution is -2.36. The van der Waals surface area contributed by atoms with E-state index in [0.717, 1.165) is 32.1 Å². The highest BCUT2D eigenvalue weighted by Crippen LogP contribution is 2.24. The number of methoxy groups -OCH3 is 1. The third-order valence-corrected chi connectivity index (χ3v) is 3.55. The van der Waals surface area contributed by atoms with Gasteiger partial charge >= 0.3 is 0 Å². The van der Waals surface area contributed by atoms with Gasteiger partial charge in [-0.1, -0.05) is 6.07 Å². The molecule has 1 saturated heterocycles. The van der Waals surface area contributed by atoms with Gasteiger partial charge in [-0.05, 0) is 31.9 Å². The normalized spacial score (nSPS) is 17.1. The summed E-state index contributed by atoms with van der Waals surface area (Å²) in [6.45, 7) is 3.93. The summed E-state index contributed by atoms with van der Waals surface area (Å²) in [6, 6.07) is 4.16. The highest BCUT2D eigenvalue weighted by molar-refractivity contribution is 5.47. The van der Waals surface area contributed by atoms with Crippen LogP contribution in [0.2, 0.25) is 0 Å². The summed E-state index contributed by atoms with van der Waals surface area (Å²) in [5.41, 5.74) is 1.28. The summed E-state index contributed by atoms with van der Waals surface area (Å²) in [7, 11) is 3.76. The number of nitrogens with zero attached hydrogens (tertiary/aromatic N) is 2. The fraction of sp³-hybridized carbons (Fsp3) is 0.643. The van der Waals surface area contributed by atoms with E-state index in [1.54, 1.807) is 7.11 Å². The molecule has 1 aromatic rings. The Bertz CT molecular complexity index is 362. The smallest absolute Gasteiger partial charge is 0.133 e. The number of ether oxygens (including phenoxy) is 1. The van der Waals surface area contributed by atoms with Crippen LogP contribution in [0.4, 0.5) is 5.82 Å². The van der Waals surface area contributed by atoms with Crippen molar-refractivity contribution in [3.63, 3.8) is 0 Å². The molecule has 0 saturated carbocycles. The first-order valence-corrected chi connectivity index (χ1v) is 6.67. The SMILES string of the molecule is CNCc1cccnc1N1CCC(COC)CC1. The van der Waals surface area contributed by atoms with Gasteiger partial charge in [0.25, 0.3) is 0 Å². The van der Waals surface area contributed by atoms with Crippen molar-refractivity contribution in [3.8, 4) is 0 Å². The molecular weight excluding hydrogens is 226 g/mol. The number of rotatable bonds is 5. The van der Waals surface area contributed by atoms with Gasteiger partial charge in [0, 0.05) is 45.1 Å². The van der Waals surface area contributed by atoms with E-state index in [4.69, 9.17) is 4.74 Å². The first-order chi connectivity index (χ1) is 8.85. The first-order valence-electron chi connectivity index (χ1n) is 6.67. The Morgan fingerprint density at radius 3 is 2.89 bits per heavy atom. The van der Waals surface area contributed by atoms with Crippen molar-refractivity contribution in [2.75, 3.05) is 38.8 Å². The minimum atomic E-state index is 0.711. The molecule has 0 aromatic carbocycles. The number of nitrogens with one attached hydrogen (secondary N) is 1. The van der Waals surface area contributed by atoms with E-state index in [1.165, 1.54) is 18.4 Å². The van der Waals surface area contributed by atoms with E-state index in [-0.39, 0.29) is 0 Å². The van der Waals surface area contributed by atoms with Crippen molar-refractivity contribution in [1.82, 2.24) is 10.3 Å². The molecule has 0 radical (unpaired) electrons. The van der Waals surface area contributed by atoms with Gasteiger partial charge in [0.2, 0.25) is 0 Å². The Morgan fingerprint density at radius 1 is 1.44 bits per heavy atom. The zero-order valence-electron chi connectivity index (χ0n) is 11.4. The number of piperidine rings is 1. The molecule has 2 rings (SSSR count). The number of hydrogen-bond acceptors (Lipinski definition) is 4. The Balaban J connectivity index is 2.00. The summed E-state index contributed by atoms with van der Waals surface area (Å²) in [6.07, 6.45) is 4.28. The van der Waals surface area contributed by atoms with Crippen molar-refractivity contribution in [1.29, 1.82) is 0 Å². The second kappa shape index (κ2) is 6.71. The maximum absolute atomic E-state index is 5.24. The van der Waals surface area contributed by atoms with Crippen LogP contribution in [0.15, 0.2) is 18.3 Å². The molecule has 1 aromatic heterocycles. The first kappa shape index (κ1) is 13.3. The van der Waals surface area contributed by atoms with Gasteiger partial charge in [0.1, 0.15) is 5.82 Å². The third kappa shape index (κ3) is 3.21. The molecule has 0 atom stereocenters. The predicted octanol–water partition coefficient (Wildman–Crippen LogP) is 1.66. The molecule has 1 fully saturated rings. The zero-order valence-corrected chi connectivity index (χ0v) is 11.4. The monoisotopic (exact) mass is 249 g/mol. The van der Waals surface area contributed by atoms with Crippen molar-refractivity contribution in [2.24, 2.45) is 5.92 Å². The largest absolute Gasteiger partial charge is 0.384 e. The molecule has 4 nitrogen and oxygen atoms in total. The molecule has 100 valence electrons. The number of anilines is 1. The Hall–Kier alpha value is -1.13. The summed E-state index contributed by atoms with van der Waals surface area (Å²) in [5.74, 6) is 1.85. The van der Waals surface area contributed by atoms with Crippen LogP contribution in [0.3, 0.4) is 0 Å². The molecule has 0 amide bonds. The van der Waals surface area contributed by atoms with E-state index in [0.29, 0.717) is 5.92 Å². The van der Waals surface area contributed by atoms with Crippen LogP contribution < -0.4 is 10.2 Å². The van der Waals surface area contributed by atoms with E-state index < -0.39 is 0 Å². The summed E-state index contributed by atoms with van der Waals surface area (Å²) in [4.78, 5) is 6.95. The molecule has 2 heterocycles. The maximum atomic E-state index is 5.24. The van der Waals surface area contributed by atoms with Crippen LogP contribution in [-0.4, -0.2) is 38.8 Å². The van der Waals surface area contributed by atoms with Crippen molar-refractivity contribution in [3.05, 3.63) is 23.9 Å². The van der Waals surface area contributed by atoms with Crippen molar-refractivity contribution >= 4 is 5.82 Å². The van der Waals surface area contributed by atoms with Gasteiger partial charge in [-0.2, -0.15) is 0 Å². The fourth-order valence-corrected chi connectivity index (χ4v) is 2.59. The fourth-order valence-electron chi connectivity index (χ4n) is 2.59. The minimum Gasteiger partial charge on any atom is -0.384 e. The average molecular weight is 249 g/mol. The molecule has 1 aliphatic rings. The van der Waals surface area contributed by atoms with Crippen LogP contribution in [0.25, 0.3) is 0 Å². The highest BCUT2D eigenvalue weighted by atomic mass is 16.5. The molecule has 1 aliphatic heterocycles. The second-order valence-corrected chi connectivity index (χ2v) is 4.90. The lowest BCUT2D eigenvalue weighted by Gasteiger charge is -2.33. The Labute approximate surface area is 109 Å². The van der Waals surface area contributed by atoms with Crippen LogP contribution in [0, 0.1) is 5.92 Å². The maximum Gasteiger partial charge on any atom is 0.133 e. The summed E-state index contributed by atoms with van der Waals surface area (Å²) < 4.78 is 5.24. The van der Waals surface area contributed by atoms with E-state index >= 15 is 0 Å². The molecule has 0 aliphatic carbocycles. The van der Waals surface area contributed by atoms with Crippen LogP contribution in [0.1, 0.15) is 18.4 Å². The molecular formula is C14H23N3O. The van der Waals surface area contributed by atoms with E-state index in [2.05, 4.69) is 21.3 Å². The third-order valence-electron chi connectivity index (χ3n) is 3.55. The molecule has 0 unspecified atom stereocenters. The summed E-state index contributed by atoms with van der Waals surface area (Å²) >= 11 is 0. The van der Waals surface area contributed by atoms with Gasteiger partial charge in [0.05, 0.1) is 0 Å². The minimum absolute atomic E-state index is 0.711. The van der Waals surface area contributed by atoms with Crippen LogP contribution >= 0.6 is 0 Å². The van der Waals surface area contributed by atoms with Gasteiger partial charge in [0.15, 0.2) is 0 Å². The van der Waals surface area contributed by atoms with Gasteiger partial charge in [-0.15, -0.1) is 0 Å². The Morgan fingerprint density at radius 2 is 2.22 bits per heavy atom. The molecule has 0 bridgehead atoms. The number of hydrogen-bond donors (Lipinski definition) is 1. The van der Waals surface area contributed by atoms with E-state index in [9.17, 15) is 0 Å². The number of pyridine rings is 1. The topological polar surface area (TPSA) is 37.4 Å².